The number of anilines is 1. The number of aromatic nitrogens is 2. The number of hydrogen-bond acceptors (Lipinski definition) is 3. The predicted octanol–water partition coefficient (Wildman–Crippen LogP) is 3.72. The Balaban J connectivity index is 1.82. The molecule has 1 atom stereocenters. The highest BCUT2D eigenvalue weighted by Crippen LogP contribution is 2.23. The lowest BCUT2D eigenvalue weighted by Crippen LogP contribution is -2.17. The van der Waals surface area contributed by atoms with E-state index in [1.807, 2.05) is 67.1 Å². The Morgan fingerprint density at radius 2 is 1.77 bits per heavy atom. The van der Waals surface area contributed by atoms with Crippen LogP contribution >= 0.6 is 0 Å². The molecule has 0 saturated heterocycles. The third-order valence-electron chi connectivity index (χ3n) is 4.46. The molecule has 5 heteroatoms. The summed E-state index contributed by atoms with van der Waals surface area (Å²) in [7, 11) is 0. The maximum atomic E-state index is 12.6. The monoisotopic (exact) mass is 349 g/mol. The van der Waals surface area contributed by atoms with Gasteiger partial charge in [-0.25, -0.2) is 4.68 Å². The van der Waals surface area contributed by atoms with E-state index in [4.69, 9.17) is 0 Å². The van der Waals surface area contributed by atoms with Gasteiger partial charge in [-0.1, -0.05) is 36.4 Å². The number of para-hydroxylation sites is 2. The number of aliphatic hydroxyl groups excluding tert-OH is 1. The summed E-state index contributed by atoms with van der Waals surface area (Å²) < 4.78 is 1.86. The summed E-state index contributed by atoms with van der Waals surface area (Å²) in [6, 6.07) is 17.2. The maximum Gasteiger partial charge on any atom is 0.228 e. The lowest BCUT2D eigenvalue weighted by molar-refractivity contribution is -0.115. The second-order valence-corrected chi connectivity index (χ2v) is 6.38. The van der Waals surface area contributed by atoms with Gasteiger partial charge in [-0.3, -0.25) is 4.79 Å². The number of carbonyl (C=O) groups excluding carboxylic acids is 1. The van der Waals surface area contributed by atoms with Crippen LogP contribution in [0.4, 0.5) is 5.69 Å². The summed E-state index contributed by atoms with van der Waals surface area (Å²) in [6.45, 7) is 5.57. The molecule has 1 aromatic heterocycles. The highest BCUT2D eigenvalue weighted by Gasteiger charge is 2.17. The molecule has 2 N–H and O–H groups in total. The van der Waals surface area contributed by atoms with Crippen molar-refractivity contribution in [2.24, 2.45) is 0 Å². The van der Waals surface area contributed by atoms with Crippen molar-refractivity contribution in [2.75, 3.05) is 5.32 Å². The molecular weight excluding hydrogens is 326 g/mol. The van der Waals surface area contributed by atoms with Crippen molar-refractivity contribution in [3.63, 3.8) is 0 Å². The van der Waals surface area contributed by atoms with Gasteiger partial charge in [0.05, 0.1) is 23.9 Å². The normalized spacial score (nSPS) is 12.0. The average molecular weight is 349 g/mol. The van der Waals surface area contributed by atoms with Crippen LogP contribution in [0.5, 0.6) is 0 Å². The number of nitrogens with one attached hydrogen (secondary N) is 1. The van der Waals surface area contributed by atoms with E-state index >= 15 is 0 Å². The molecule has 3 rings (SSSR count). The number of rotatable bonds is 5. The Morgan fingerprint density at radius 1 is 1.12 bits per heavy atom. The molecule has 0 spiro atoms. The van der Waals surface area contributed by atoms with Crippen LogP contribution in [-0.2, 0) is 11.2 Å². The zero-order valence-corrected chi connectivity index (χ0v) is 15.2. The molecule has 0 radical (unpaired) electrons. The SMILES string of the molecule is Cc1nn(-c2ccccc2)c(C)c1CC(=O)Nc1ccccc1C(C)O. The molecule has 0 fully saturated rings. The van der Waals surface area contributed by atoms with Gasteiger partial charge in [-0.2, -0.15) is 5.10 Å². The molecule has 1 unspecified atom stereocenters. The van der Waals surface area contributed by atoms with Gasteiger partial charge in [-0.15, -0.1) is 0 Å². The van der Waals surface area contributed by atoms with Gasteiger partial charge in [0.25, 0.3) is 0 Å². The first-order valence-electron chi connectivity index (χ1n) is 8.64. The van der Waals surface area contributed by atoms with Crippen molar-refractivity contribution >= 4 is 11.6 Å². The largest absolute Gasteiger partial charge is 0.389 e. The summed E-state index contributed by atoms with van der Waals surface area (Å²) in [5.41, 5.74) is 5.02. The van der Waals surface area contributed by atoms with Gasteiger partial charge >= 0.3 is 0 Å². The van der Waals surface area contributed by atoms with E-state index in [1.165, 1.54) is 0 Å². The minimum absolute atomic E-state index is 0.128. The fourth-order valence-electron chi connectivity index (χ4n) is 3.08. The van der Waals surface area contributed by atoms with E-state index in [-0.39, 0.29) is 12.3 Å². The van der Waals surface area contributed by atoms with Crippen molar-refractivity contribution in [3.05, 3.63) is 77.1 Å². The Bertz CT molecular complexity index is 914. The number of aryl methyl sites for hydroxylation is 1. The first-order valence-corrected chi connectivity index (χ1v) is 8.64. The quantitative estimate of drug-likeness (QED) is 0.738. The topological polar surface area (TPSA) is 67.2 Å². The van der Waals surface area contributed by atoms with Gasteiger partial charge in [-0.05, 0) is 39.0 Å². The van der Waals surface area contributed by atoms with Gasteiger partial charge < -0.3 is 10.4 Å². The average Bonchev–Trinajstić information content (AvgIpc) is 2.91. The third-order valence-corrected chi connectivity index (χ3v) is 4.46. The van der Waals surface area contributed by atoms with Gasteiger partial charge in [0, 0.05) is 22.5 Å². The lowest BCUT2D eigenvalue weighted by atomic mass is 10.1. The van der Waals surface area contributed by atoms with Crippen molar-refractivity contribution in [2.45, 2.75) is 33.3 Å². The minimum Gasteiger partial charge on any atom is -0.389 e. The molecule has 0 aliphatic rings. The zero-order valence-electron chi connectivity index (χ0n) is 15.2. The first kappa shape index (κ1) is 17.9. The number of carbonyl (C=O) groups is 1. The maximum absolute atomic E-state index is 12.6. The molecule has 1 heterocycles. The molecule has 0 saturated carbocycles. The van der Waals surface area contributed by atoms with Crippen molar-refractivity contribution in [3.8, 4) is 5.69 Å². The standard InChI is InChI=1S/C21H23N3O2/c1-14-19(15(2)24(23-14)17-9-5-4-6-10-17)13-21(26)22-20-12-8-7-11-18(20)16(3)25/h4-12,16,25H,13H2,1-3H3,(H,22,26). The molecule has 134 valence electrons. The third kappa shape index (κ3) is 3.68. The zero-order chi connectivity index (χ0) is 18.7. The van der Waals surface area contributed by atoms with Crippen molar-refractivity contribution in [1.82, 2.24) is 9.78 Å². The Hall–Kier alpha value is -2.92. The van der Waals surface area contributed by atoms with Crippen LogP contribution in [-0.4, -0.2) is 20.8 Å². The number of aliphatic hydroxyl groups is 1. The Morgan fingerprint density at radius 3 is 2.46 bits per heavy atom. The van der Waals surface area contributed by atoms with Gasteiger partial charge in [0.15, 0.2) is 0 Å². The molecule has 26 heavy (non-hydrogen) atoms. The summed E-state index contributed by atoms with van der Waals surface area (Å²) >= 11 is 0. The van der Waals surface area contributed by atoms with E-state index < -0.39 is 6.10 Å². The Labute approximate surface area is 153 Å². The molecule has 0 aliphatic carbocycles. The second kappa shape index (κ2) is 7.54. The van der Waals surface area contributed by atoms with Crippen LogP contribution in [0, 0.1) is 13.8 Å². The number of benzene rings is 2. The second-order valence-electron chi connectivity index (χ2n) is 6.38. The summed E-state index contributed by atoms with van der Waals surface area (Å²) in [5.74, 6) is -0.128. The molecule has 0 bridgehead atoms. The van der Waals surface area contributed by atoms with Crippen molar-refractivity contribution in [1.29, 1.82) is 0 Å². The van der Waals surface area contributed by atoms with Crippen molar-refractivity contribution < 1.29 is 9.90 Å². The van der Waals surface area contributed by atoms with Crippen LogP contribution in [0.15, 0.2) is 54.6 Å². The highest BCUT2D eigenvalue weighted by molar-refractivity contribution is 5.93. The fourth-order valence-corrected chi connectivity index (χ4v) is 3.08. The molecule has 1 amide bonds. The first-order chi connectivity index (χ1) is 12.5. The van der Waals surface area contributed by atoms with Crippen LogP contribution in [0.25, 0.3) is 5.69 Å². The van der Waals surface area contributed by atoms with E-state index in [2.05, 4.69) is 10.4 Å². The number of amides is 1. The van der Waals surface area contributed by atoms with E-state index in [0.29, 0.717) is 11.3 Å². The Kier molecular flexibility index (Phi) is 5.19. The molecule has 0 aliphatic heterocycles. The van der Waals surface area contributed by atoms with E-state index in [9.17, 15) is 9.90 Å². The fraction of sp³-hybridized carbons (Fsp3) is 0.238. The van der Waals surface area contributed by atoms with Crippen LogP contribution in [0.3, 0.4) is 0 Å². The summed E-state index contributed by atoms with van der Waals surface area (Å²) in [6.07, 6.45) is -0.408. The number of nitrogens with zero attached hydrogens (tertiary/aromatic N) is 2. The van der Waals surface area contributed by atoms with Gasteiger partial charge in [0.1, 0.15) is 0 Å². The molecular formula is C21H23N3O2. The smallest absolute Gasteiger partial charge is 0.228 e. The summed E-state index contributed by atoms with van der Waals surface area (Å²) in [4.78, 5) is 12.6. The highest BCUT2D eigenvalue weighted by atomic mass is 16.3. The predicted molar refractivity (Wildman–Crippen MR) is 102 cm³/mol. The summed E-state index contributed by atoms with van der Waals surface area (Å²) in [5, 5.41) is 17.4. The van der Waals surface area contributed by atoms with Gasteiger partial charge in [0.2, 0.25) is 5.91 Å². The lowest BCUT2D eigenvalue weighted by Gasteiger charge is -2.13. The molecule has 3 aromatic rings. The van der Waals surface area contributed by atoms with E-state index in [0.717, 1.165) is 22.6 Å². The van der Waals surface area contributed by atoms with Crippen LogP contribution < -0.4 is 5.32 Å². The van der Waals surface area contributed by atoms with Crippen LogP contribution in [0.1, 0.15) is 35.5 Å². The number of hydrogen-bond donors (Lipinski definition) is 2. The molecule has 5 nitrogen and oxygen atoms in total. The minimum atomic E-state index is -0.643. The molecule has 2 aromatic carbocycles. The van der Waals surface area contributed by atoms with Crippen LogP contribution in [0.2, 0.25) is 0 Å². The van der Waals surface area contributed by atoms with E-state index in [1.54, 1.807) is 13.0 Å².